The standard InChI is InChI=1S/C12H22N2O2/c1-8-3-4-10(9(8)2)14-12(15)11-7-16-6-5-13-11/h8-11,13H,3-7H2,1-2H3,(H,14,15). The van der Waals surface area contributed by atoms with Gasteiger partial charge in [-0.3, -0.25) is 4.79 Å². The quantitative estimate of drug-likeness (QED) is 0.722. The Bertz CT molecular complexity index is 251. The normalized spacial score (nSPS) is 39.6. The van der Waals surface area contributed by atoms with Crippen molar-refractivity contribution in [3.05, 3.63) is 0 Å². The summed E-state index contributed by atoms with van der Waals surface area (Å²) in [6.07, 6.45) is 2.34. The van der Waals surface area contributed by atoms with Crippen LogP contribution in [0, 0.1) is 11.8 Å². The van der Waals surface area contributed by atoms with E-state index in [9.17, 15) is 4.79 Å². The molecular weight excluding hydrogens is 204 g/mol. The molecule has 1 heterocycles. The zero-order valence-corrected chi connectivity index (χ0v) is 10.2. The molecule has 0 aromatic heterocycles. The topological polar surface area (TPSA) is 50.4 Å². The van der Waals surface area contributed by atoms with E-state index in [0.29, 0.717) is 25.2 Å². The average Bonchev–Trinajstić information content (AvgIpc) is 2.62. The van der Waals surface area contributed by atoms with E-state index >= 15 is 0 Å². The summed E-state index contributed by atoms with van der Waals surface area (Å²) in [5.74, 6) is 1.42. The van der Waals surface area contributed by atoms with E-state index in [4.69, 9.17) is 4.74 Å². The molecule has 1 saturated heterocycles. The molecule has 4 unspecified atom stereocenters. The van der Waals surface area contributed by atoms with E-state index in [2.05, 4.69) is 24.5 Å². The second-order valence-electron chi connectivity index (χ2n) is 5.11. The number of hydrogen-bond donors (Lipinski definition) is 2. The lowest BCUT2D eigenvalue weighted by Gasteiger charge is -2.26. The first kappa shape index (κ1) is 11.9. The van der Waals surface area contributed by atoms with Crippen molar-refractivity contribution in [1.82, 2.24) is 10.6 Å². The second kappa shape index (κ2) is 5.15. The Balaban J connectivity index is 1.82. The maximum absolute atomic E-state index is 12.0. The van der Waals surface area contributed by atoms with Crippen molar-refractivity contribution in [3.8, 4) is 0 Å². The molecule has 16 heavy (non-hydrogen) atoms. The van der Waals surface area contributed by atoms with Crippen molar-refractivity contribution in [2.75, 3.05) is 19.8 Å². The monoisotopic (exact) mass is 226 g/mol. The molecule has 1 saturated carbocycles. The van der Waals surface area contributed by atoms with Crippen LogP contribution in [0.4, 0.5) is 0 Å². The first-order chi connectivity index (χ1) is 7.68. The van der Waals surface area contributed by atoms with Gasteiger partial charge in [0, 0.05) is 12.6 Å². The molecule has 0 aromatic carbocycles. The van der Waals surface area contributed by atoms with Crippen molar-refractivity contribution >= 4 is 5.91 Å². The summed E-state index contributed by atoms with van der Waals surface area (Å²) in [5, 5.41) is 6.33. The summed E-state index contributed by atoms with van der Waals surface area (Å²) < 4.78 is 5.29. The molecule has 2 fully saturated rings. The third-order valence-electron chi connectivity index (χ3n) is 4.03. The van der Waals surface area contributed by atoms with Gasteiger partial charge >= 0.3 is 0 Å². The fraction of sp³-hybridized carbons (Fsp3) is 0.917. The molecule has 0 aromatic rings. The summed E-state index contributed by atoms with van der Waals surface area (Å²) in [5.41, 5.74) is 0. The van der Waals surface area contributed by atoms with Gasteiger partial charge in [-0.1, -0.05) is 13.8 Å². The van der Waals surface area contributed by atoms with Crippen molar-refractivity contribution in [3.63, 3.8) is 0 Å². The van der Waals surface area contributed by atoms with Crippen LogP contribution in [0.3, 0.4) is 0 Å². The first-order valence-electron chi connectivity index (χ1n) is 6.30. The second-order valence-corrected chi connectivity index (χ2v) is 5.11. The molecule has 1 aliphatic heterocycles. The van der Waals surface area contributed by atoms with Gasteiger partial charge in [0.1, 0.15) is 6.04 Å². The summed E-state index contributed by atoms with van der Waals surface area (Å²) in [6.45, 7) is 6.48. The Morgan fingerprint density at radius 3 is 2.75 bits per heavy atom. The molecule has 1 amide bonds. The molecule has 0 radical (unpaired) electrons. The third kappa shape index (κ3) is 2.55. The molecule has 0 bridgehead atoms. The summed E-state index contributed by atoms with van der Waals surface area (Å²) >= 11 is 0. The van der Waals surface area contributed by atoms with Gasteiger partial charge in [-0.2, -0.15) is 0 Å². The van der Waals surface area contributed by atoms with E-state index in [-0.39, 0.29) is 11.9 Å². The molecule has 0 spiro atoms. The Hall–Kier alpha value is -0.610. The van der Waals surface area contributed by atoms with Gasteiger partial charge in [-0.15, -0.1) is 0 Å². The van der Waals surface area contributed by atoms with Crippen molar-refractivity contribution in [2.24, 2.45) is 11.8 Å². The number of ether oxygens (including phenoxy) is 1. The Labute approximate surface area is 97.1 Å². The van der Waals surface area contributed by atoms with Crippen LogP contribution < -0.4 is 10.6 Å². The number of amides is 1. The van der Waals surface area contributed by atoms with Crippen LogP contribution in [0.25, 0.3) is 0 Å². The van der Waals surface area contributed by atoms with Gasteiger partial charge in [0.15, 0.2) is 0 Å². The number of carbonyl (C=O) groups is 1. The number of morpholine rings is 1. The van der Waals surface area contributed by atoms with Crippen LogP contribution in [0.2, 0.25) is 0 Å². The highest BCUT2D eigenvalue weighted by molar-refractivity contribution is 5.82. The number of nitrogens with one attached hydrogen (secondary N) is 2. The molecule has 4 atom stereocenters. The Kier molecular flexibility index (Phi) is 3.82. The van der Waals surface area contributed by atoms with Gasteiger partial charge in [0.25, 0.3) is 0 Å². The zero-order chi connectivity index (χ0) is 11.5. The molecular formula is C12H22N2O2. The Morgan fingerprint density at radius 1 is 1.38 bits per heavy atom. The minimum absolute atomic E-state index is 0.102. The van der Waals surface area contributed by atoms with Crippen molar-refractivity contribution < 1.29 is 9.53 Å². The SMILES string of the molecule is CC1CCC(NC(=O)C2COCCN2)C1C. The molecule has 4 nitrogen and oxygen atoms in total. The van der Waals surface area contributed by atoms with Gasteiger partial charge in [-0.25, -0.2) is 0 Å². The summed E-state index contributed by atoms with van der Waals surface area (Å²) in [7, 11) is 0. The van der Waals surface area contributed by atoms with Crippen LogP contribution in [0.5, 0.6) is 0 Å². The maximum atomic E-state index is 12.0. The number of hydrogen-bond acceptors (Lipinski definition) is 3. The molecule has 2 N–H and O–H groups in total. The van der Waals surface area contributed by atoms with Crippen molar-refractivity contribution in [1.29, 1.82) is 0 Å². The summed E-state index contributed by atoms with van der Waals surface area (Å²) in [4.78, 5) is 12.0. The van der Waals surface area contributed by atoms with Gasteiger partial charge < -0.3 is 15.4 Å². The molecule has 4 heteroatoms. The number of carbonyl (C=O) groups excluding carboxylic acids is 1. The highest BCUT2D eigenvalue weighted by Crippen LogP contribution is 2.31. The van der Waals surface area contributed by atoms with Gasteiger partial charge in [0.2, 0.25) is 5.91 Å². The smallest absolute Gasteiger partial charge is 0.239 e. The number of rotatable bonds is 2. The maximum Gasteiger partial charge on any atom is 0.239 e. The van der Waals surface area contributed by atoms with Crippen LogP contribution >= 0.6 is 0 Å². The van der Waals surface area contributed by atoms with E-state index in [1.807, 2.05) is 0 Å². The van der Waals surface area contributed by atoms with E-state index in [1.54, 1.807) is 0 Å². The lowest BCUT2D eigenvalue weighted by Crippen LogP contribution is -2.53. The van der Waals surface area contributed by atoms with Gasteiger partial charge in [-0.05, 0) is 24.7 Å². The van der Waals surface area contributed by atoms with Crippen LogP contribution in [-0.4, -0.2) is 37.7 Å². The molecule has 2 rings (SSSR count). The predicted octanol–water partition coefficient (Wildman–Crippen LogP) is 0.526. The van der Waals surface area contributed by atoms with Crippen molar-refractivity contribution in [2.45, 2.75) is 38.8 Å². The van der Waals surface area contributed by atoms with Crippen LogP contribution in [-0.2, 0) is 9.53 Å². The minimum atomic E-state index is -0.156. The van der Waals surface area contributed by atoms with E-state index in [1.165, 1.54) is 6.42 Å². The van der Waals surface area contributed by atoms with E-state index < -0.39 is 0 Å². The lowest BCUT2D eigenvalue weighted by molar-refractivity contribution is -0.126. The molecule has 92 valence electrons. The molecule has 1 aliphatic carbocycles. The largest absolute Gasteiger partial charge is 0.378 e. The van der Waals surface area contributed by atoms with Crippen LogP contribution in [0.15, 0.2) is 0 Å². The fourth-order valence-corrected chi connectivity index (χ4v) is 2.59. The molecule has 2 aliphatic rings. The Morgan fingerprint density at radius 2 is 2.19 bits per heavy atom. The predicted molar refractivity (Wildman–Crippen MR) is 62.1 cm³/mol. The van der Waals surface area contributed by atoms with E-state index in [0.717, 1.165) is 18.9 Å². The zero-order valence-electron chi connectivity index (χ0n) is 10.2. The fourth-order valence-electron chi connectivity index (χ4n) is 2.59. The van der Waals surface area contributed by atoms with Gasteiger partial charge in [0.05, 0.1) is 13.2 Å². The highest BCUT2D eigenvalue weighted by atomic mass is 16.5. The highest BCUT2D eigenvalue weighted by Gasteiger charge is 2.32. The lowest BCUT2D eigenvalue weighted by atomic mass is 9.97. The summed E-state index contributed by atoms with van der Waals surface area (Å²) in [6, 6.07) is 0.197. The average molecular weight is 226 g/mol. The third-order valence-corrected chi connectivity index (χ3v) is 4.03. The van der Waals surface area contributed by atoms with Crippen LogP contribution in [0.1, 0.15) is 26.7 Å². The first-order valence-corrected chi connectivity index (χ1v) is 6.30. The minimum Gasteiger partial charge on any atom is -0.378 e.